The van der Waals surface area contributed by atoms with E-state index in [0.29, 0.717) is 5.56 Å². The molecule has 2 rings (SSSR count). The molecule has 138 valence electrons. The predicted molar refractivity (Wildman–Crippen MR) is 97.6 cm³/mol. The molecule has 0 unspecified atom stereocenters. The van der Waals surface area contributed by atoms with Crippen molar-refractivity contribution in [1.29, 1.82) is 0 Å². The molecule has 1 aliphatic rings. The van der Waals surface area contributed by atoms with Crippen molar-refractivity contribution < 1.29 is 14.3 Å². The first-order chi connectivity index (χ1) is 11.7. The average Bonchev–Trinajstić information content (AvgIpc) is 2.53. The molecule has 6 heteroatoms. The van der Waals surface area contributed by atoms with E-state index in [1.165, 1.54) is 0 Å². The van der Waals surface area contributed by atoms with E-state index in [1.807, 2.05) is 56.9 Å². The highest BCUT2D eigenvalue weighted by Gasteiger charge is 2.21. The van der Waals surface area contributed by atoms with E-state index in [2.05, 4.69) is 17.3 Å². The largest absolute Gasteiger partial charge is 0.444 e. The molecular formula is C19H29N3O3. The smallest absolute Gasteiger partial charge is 0.408 e. The lowest BCUT2D eigenvalue weighted by atomic mass is 10.1. The van der Waals surface area contributed by atoms with E-state index in [1.54, 1.807) is 0 Å². The third kappa shape index (κ3) is 5.74. The average molecular weight is 347 g/mol. The summed E-state index contributed by atoms with van der Waals surface area (Å²) in [6.45, 7) is 10.7. The molecule has 0 spiro atoms. The van der Waals surface area contributed by atoms with Crippen molar-refractivity contribution in [1.82, 2.24) is 15.1 Å². The van der Waals surface area contributed by atoms with Crippen LogP contribution in [0.15, 0.2) is 24.3 Å². The van der Waals surface area contributed by atoms with Crippen molar-refractivity contribution >= 4 is 12.0 Å². The van der Waals surface area contributed by atoms with E-state index in [4.69, 9.17) is 4.74 Å². The van der Waals surface area contributed by atoms with Crippen LogP contribution in [0.5, 0.6) is 0 Å². The summed E-state index contributed by atoms with van der Waals surface area (Å²) >= 11 is 0. The van der Waals surface area contributed by atoms with Crippen molar-refractivity contribution in [3.05, 3.63) is 35.4 Å². The molecule has 1 atom stereocenters. The number of carbonyl (C=O) groups is 2. The van der Waals surface area contributed by atoms with Gasteiger partial charge in [0, 0.05) is 31.7 Å². The van der Waals surface area contributed by atoms with Gasteiger partial charge in [-0.25, -0.2) is 4.79 Å². The van der Waals surface area contributed by atoms with Crippen LogP contribution in [0, 0.1) is 0 Å². The van der Waals surface area contributed by atoms with Gasteiger partial charge in [-0.05, 0) is 52.4 Å². The topological polar surface area (TPSA) is 61.9 Å². The summed E-state index contributed by atoms with van der Waals surface area (Å²) in [5.41, 5.74) is 1.08. The van der Waals surface area contributed by atoms with Gasteiger partial charge >= 0.3 is 6.09 Å². The molecule has 1 aromatic carbocycles. The van der Waals surface area contributed by atoms with E-state index >= 15 is 0 Å². The van der Waals surface area contributed by atoms with Crippen LogP contribution < -0.4 is 5.32 Å². The van der Waals surface area contributed by atoms with Crippen LogP contribution in [-0.4, -0.2) is 60.6 Å². The zero-order valence-corrected chi connectivity index (χ0v) is 15.8. The van der Waals surface area contributed by atoms with Crippen LogP contribution in [-0.2, 0) is 4.74 Å². The Morgan fingerprint density at radius 1 is 1.08 bits per heavy atom. The number of benzene rings is 1. The molecule has 1 saturated heterocycles. The Morgan fingerprint density at radius 2 is 1.64 bits per heavy atom. The van der Waals surface area contributed by atoms with Gasteiger partial charge in [-0.3, -0.25) is 4.79 Å². The van der Waals surface area contributed by atoms with E-state index in [0.717, 1.165) is 31.7 Å². The predicted octanol–water partition coefficient (Wildman–Crippen LogP) is 2.66. The molecular weight excluding hydrogens is 318 g/mol. The first-order valence-electron chi connectivity index (χ1n) is 8.73. The summed E-state index contributed by atoms with van der Waals surface area (Å²) in [4.78, 5) is 28.5. The van der Waals surface area contributed by atoms with Gasteiger partial charge in [-0.1, -0.05) is 12.1 Å². The lowest BCUT2D eigenvalue weighted by molar-refractivity contribution is 0.0507. The Balaban J connectivity index is 1.94. The van der Waals surface area contributed by atoms with Gasteiger partial charge in [0.2, 0.25) is 0 Å². The Labute approximate surface area is 150 Å². The quantitative estimate of drug-likeness (QED) is 0.913. The number of hydrogen-bond donors (Lipinski definition) is 1. The molecule has 0 saturated carbocycles. The SMILES string of the molecule is C[C@H](NC(=O)OC(C)(C)C)c1ccc(C(=O)N2CCN(C)CC2)cc1. The molecule has 0 bridgehead atoms. The maximum atomic E-state index is 12.5. The van der Waals surface area contributed by atoms with Gasteiger partial charge in [0.1, 0.15) is 5.60 Å². The first kappa shape index (κ1) is 19.2. The normalized spacial score (nSPS) is 17.1. The van der Waals surface area contributed by atoms with Crippen LogP contribution in [0.2, 0.25) is 0 Å². The number of alkyl carbamates (subject to hydrolysis) is 1. The molecule has 1 aromatic rings. The van der Waals surface area contributed by atoms with Crippen LogP contribution in [0.4, 0.5) is 4.79 Å². The highest BCUT2D eigenvalue weighted by Crippen LogP contribution is 2.16. The van der Waals surface area contributed by atoms with Crippen molar-refractivity contribution in [3.8, 4) is 0 Å². The van der Waals surface area contributed by atoms with E-state index in [-0.39, 0.29) is 11.9 Å². The minimum Gasteiger partial charge on any atom is -0.444 e. The highest BCUT2D eigenvalue weighted by molar-refractivity contribution is 5.94. The fourth-order valence-corrected chi connectivity index (χ4v) is 2.67. The molecule has 1 N–H and O–H groups in total. The minimum absolute atomic E-state index is 0.0624. The number of nitrogens with one attached hydrogen (secondary N) is 1. The standard InChI is InChI=1S/C19H29N3O3/c1-14(20-18(24)25-19(2,3)4)15-6-8-16(9-7-15)17(23)22-12-10-21(5)11-13-22/h6-9,14H,10-13H2,1-5H3,(H,20,24)/t14-/m0/s1. The number of piperazine rings is 1. The molecule has 1 aliphatic heterocycles. The minimum atomic E-state index is -0.525. The number of hydrogen-bond acceptors (Lipinski definition) is 4. The van der Waals surface area contributed by atoms with Crippen LogP contribution in [0.25, 0.3) is 0 Å². The lowest BCUT2D eigenvalue weighted by Gasteiger charge is -2.32. The maximum absolute atomic E-state index is 12.5. The van der Waals surface area contributed by atoms with Crippen molar-refractivity contribution in [2.45, 2.75) is 39.3 Å². The fourth-order valence-electron chi connectivity index (χ4n) is 2.67. The van der Waals surface area contributed by atoms with Gasteiger partial charge in [-0.2, -0.15) is 0 Å². The maximum Gasteiger partial charge on any atom is 0.408 e. The summed E-state index contributed by atoms with van der Waals surface area (Å²) in [5, 5.41) is 2.81. The summed E-state index contributed by atoms with van der Waals surface area (Å²) in [7, 11) is 2.07. The van der Waals surface area contributed by atoms with Crippen molar-refractivity contribution in [2.24, 2.45) is 0 Å². The molecule has 1 fully saturated rings. The number of nitrogens with zero attached hydrogens (tertiary/aromatic N) is 2. The summed E-state index contributed by atoms with van der Waals surface area (Å²) < 4.78 is 5.27. The van der Waals surface area contributed by atoms with Gasteiger partial charge < -0.3 is 19.9 Å². The van der Waals surface area contributed by atoms with Gasteiger partial charge in [-0.15, -0.1) is 0 Å². The van der Waals surface area contributed by atoms with Crippen molar-refractivity contribution in [3.63, 3.8) is 0 Å². The third-order valence-electron chi connectivity index (χ3n) is 4.18. The molecule has 0 aromatic heterocycles. The van der Waals surface area contributed by atoms with Gasteiger partial charge in [0.05, 0.1) is 6.04 Å². The third-order valence-corrected chi connectivity index (χ3v) is 4.18. The second-order valence-electron chi connectivity index (χ2n) is 7.59. The molecule has 2 amide bonds. The van der Waals surface area contributed by atoms with E-state index < -0.39 is 11.7 Å². The Bertz CT molecular complexity index is 599. The summed E-state index contributed by atoms with van der Waals surface area (Å²) in [5.74, 6) is 0.0624. The molecule has 25 heavy (non-hydrogen) atoms. The number of carbonyl (C=O) groups excluding carboxylic acids is 2. The lowest BCUT2D eigenvalue weighted by Crippen LogP contribution is -2.47. The Hall–Kier alpha value is -2.08. The Morgan fingerprint density at radius 3 is 2.16 bits per heavy atom. The fraction of sp³-hybridized carbons (Fsp3) is 0.579. The second kappa shape index (κ2) is 7.87. The van der Waals surface area contributed by atoms with Crippen molar-refractivity contribution in [2.75, 3.05) is 33.2 Å². The number of amides is 2. The summed E-state index contributed by atoms with van der Waals surface area (Å²) in [6.07, 6.45) is -0.447. The molecule has 0 aliphatic carbocycles. The zero-order chi connectivity index (χ0) is 18.6. The molecule has 1 heterocycles. The monoisotopic (exact) mass is 347 g/mol. The summed E-state index contributed by atoms with van der Waals surface area (Å²) in [6, 6.07) is 7.21. The Kier molecular flexibility index (Phi) is 6.06. The number of ether oxygens (including phenoxy) is 1. The van der Waals surface area contributed by atoms with Crippen LogP contribution >= 0.6 is 0 Å². The second-order valence-corrected chi connectivity index (χ2v) is 7.59. The van der Waals surface area contributed by atoms with Crippen LogP contribution in [0.1, 0.15) is 49.7 Å². The van der Waals surface area contributed by atoms with Crippen LogP contribution in [0.3, 0.4) is 0 Å². The van der Waals surface area contributed by atoms with Gasteiger partial charge in [0.25, 0.3) is 5.91 Å². The molecule has 6 nitrogen and oxygen atoms in total. The number of likely N-dealkylation sites (N-methyl/N-ethyl adjacent to an activating group) is 1. The molecule has 0 radical (unpaired) electrons. The van der Waals surface area contributed by atoms with E-state index in [9.17, 15) is 9.59 Å². The van der Waals surface area contributed by atoms with Gasteiger partial charge in [0.15, 0.2) is 0 Å². The number of rotatable bonds is 3. The zero-order valence-electron chi connectivity index (χ0n) is 15.8. The first-order valence-corrected chi connectivity index (χ1v) is 8.73. The highest BCUT2D eigenvalue weighted by atomic mass is 16.6.